The first-order valence-electron chi connectivity index (χ1n) is 3.94. The summed E-state index contributed by atoms with van der Waals surface area (Å²) in [6, 6.07) is 0. The first kappa shape index (κ1) is 10.2. The Morgan fingerprint density at radius 2 is 2.18 bits per heavy atom. The van der Waals surface area contributed by atoms with Crippen LogP contribution in [-0.2, 0) is 0 Å². The average Bonchev–Trinajstić information content (AvgIpc) is 1.96. The number of nitrogens with one attached hydrogen (secondary N) is 1. The van der Waals surface area contributed by atoms with Crippen molar-refractivity contribution >= 4 is 6.09 Å². The van der Waals surface area contributed by atoms with Gasteiger partial charge in [0.15, 0.2) is 0 Å². The van der Waals surface area contributed by atoms with E-state index >= 15 is 0 Å². The fraction of sp³-hybridized carbons (Fsp3) is 0.857. The maximum atomic E-state index is 9.86. The van der Waals surface area contributed by atoms with Gasteiger partial charge in [0.25, 0.3) is 0 Å². The zero-order valence-corrected chi connectivity index (χ0v) is 6.84. The van der Waals surface area contributed by atoms with Crippen LogP contribution in [0.4, 0.5) is 4.79 Å². The quantitative estimate of drug-likeness (QED) is 0.454. The highest BCUT2D eigenvalue weighted by molar-refractivity contribution is 5.63. The number of amides is 1. The standard InChI is InChI=1S/C7H15N2O2/c1-2-3-4-5-6-8-9-7(10)11/h8H,2-6H2,1H3,(H,10,11). The van der Waals surface area contributed by atoms with Crippen LogP contribution in [0, 0.1) is 0 Å². The van der Waals surface area contributed by atoms with Gasteiger partial charge in [-0.05, 0) is 6.42 Å². The third-order valence-corrected chi connectivity index (χ3v) is 1.32. The molecule has 1 amide bonds. The highest BCUT2D eigenvalue weighted by Crippen LogP contribution is 1.96. The fourth-order valence-electron chi connectivity index (χ4n) is 0.754. The molecule has 0 unspecified atom stereocenters. The molecule has 0 aromatic heterocycles. The van der Waals surface area contributed by atoms with E-state index < -0.39 is 6.09 Å². The van der Waals surface area contributed by atoms with Crippen molar-refractivity contribution in [1.82, 2.24) is 10.9 Å². The lowest BCUT2D eigenvalue weighted by molar-refractivity contribution is 0.187. The molecule has 4 nitrogen and oxygen atoms in total. The molecule has 0 fully saturated rings. The second-order valence-corrected chi connectivity index (χ2v) is 2.36. The van der Waals surface area contributed by atoms with Crippen LogP contribution < -0.4 is 10.9 Å². The number of nitrogens with zero attached hydrogens (tertiary/aromatic N) is 1. The number of carboxylic acid groups (broad SMARTS) is 1. The van der Waals surface area contributed by atoms with E-state index in [1.54, 1.807) is 0 Å². The van der Waals surface area contributed by atoms with Gasteiger partial charge >= 0.3 is 6.09 Å². The monoisotopic (exact) mass is 159 g/mol. The van der Waals surface area contributed by atoms with Crippen molar-refractivity contribution in [3.8, 4) is 0 Å². The molecular weight excluding hydrogens is 144 g/mol. The van der Waals surface area contributed by atoms with E-state index in [4.69, 9.17) is 5.11 Å². The van der Waals surface area contributed by atoms with Crippen molar-refractivity contribution in [2.75, 3.05) is 6.54 Å². The molecule has 1 radical (unpaired) electrons. The predicted molar refractivity (Wildman–Crippen MR) is 42.3 cm³/mol. The first-order valence-corrected chi connectivity index (χ1v) is 3.94. The van der Waals surface area contributed by atoms with E-state index in [-0.39, 0.29) is 0 Å². The van der Waals surface area contributed by atoms with Crippen molar-refractivity contribution < 1.29 is 9.90 Å². The van der Waals surface area contributed by atoms with Crippen LogP contribution in [0.5, 0.6) is 0 Å². The van der Waals surface area contributed by atoms with Crippen LogP contribution in [-0.4, -0.2) is 17.7 Å². The average molecular weight is 159 g/mol. The van der Waals surface area contributed by atoms with Crippen LogP contribution >= 0.6 is 0 Å². The highest BCUT2D eigenvalue weighted by atomic mass is 16.4. The molecule has 0 saturated heterocycles. The lowest BCUT2D eigenvalue weighted by Gasteiger charge is -1.99. The van der Waals surface area contributed by atoms with Crippen LogP contribution in [0.3, 0.4) is 0 Å². The Morgan fingerprint density at radius 1 is 1.45 bits per heavy atom. The second-order valence-electron chi connectivity index (χ2n) is 2.36. The predicted octanol–water partition coefficient (Wildman–Crippen LogP) is 1.35. The summed E-state index contributed by atoms with van der Waals surface area (Å²) in [6.07, 6.45) is 3.37. The summed E-state index contributed by atoms with van der Waals surface area (Å²) in [4.78, 5) is 9.86. The van der Waals surface area contributed by atoms with E-state index in [2.05, 4.69) is 17.8 Å². The minimum Gasteiger partial charge on any atom is -0.463 e. The van der Waals surface area contributed by atoms with E-state index in [0.29, 0.717) is 6.54 Å². The zero-order chi connectivity index (χ0) is 8.53. The normalized spacial score (nSPS) is 9.55. The molecule has 0 rings (SSSR count). The van der Waals surface area contributed by atoms with E-state index in [0.717, 1.165) is 12.8 Å². The number of carbonyl (C=O) groups is 1. The second kappa shape index (κ2) is 7.34. The van der Waals surface area contributed by atoms with Crippen molar-refractivity contribution in [3.05, 3.63) is 0 Å². The van der Waals surface area contributed by atoms with Crippen molar-refractivity contribution in [1.29, 1.82) is 0 Å². The van der Waals surface area contributed by atoms with Gasteiger partial charge in [0.2, 0.25) is 0 Å². The molecule has 2 N–H and O–H groups in total. The Kier molecular flexibility index (Phi) is 6.82. The minimum atomic E-state index is -1.15. The molecule has 0 aromatic carbocycles. The smallest absolute Gasteiger partial charge is 0.443 e. The van der Waals surface area contributed by atoms with Gasteiger partial charge < -0.3 is 5.11 Å². The molecule has 0 spiro atoms. The molecule has 65 valence electrons. The summed E-state index contributed by atoms with van der Waals surface area (Å²) in [7, 11) is 0. The Balaban J connectivity index is 2.85. The molecule has 0 heterocycles. The molecular formula is C7H15N2O2. The Labute approximate surface area is 67.0 Å². The lowest BCUT2D eigenvalue weighted by atomic mass is 10.2. The summed E-state index contributed by atoms with van der Waals surface area (Å²) in [5.74, 6) is 0. The highest BCUT2D eigenvalue weighted by Gasteiger charge is 1.93. The SMILES string of the molecule is CCCCCCN[N]C(=O)O. The van der Waals surface area contributed by atoms with Gasteiger partial charge in [-0.3, -0.25) is 0 Å². The van der Waals surface area contributed by atoms with Gasteiger partial charge in [0.05, 0.1) is 0 Å². The van der Waals surface area contributed by atoms with Crippen molar-refractivity contribution in [2.45, 2.75) is 32.6 Å². The molecule has 11 heavy (non-hydrogen) atoms. The van der Waals surface area contributed by atoms with Crippen LogP contribution in [0.15, 0.2) is 0 Å². The van der Waals surface area contributed by atoms with Gasteiger partial charge in [-0.25, -0.2) is 10.2 Å². The Hall–Kier alpha value is -0.770. The van der Waals surface area contributed by atoms with E-state index in [1.165, 1.54) is 12.8 Å². The topological polar surface area (TPSA) is 63.4 Å². The summed E-state index contributed by atoms with van der Waals surface area (Å²) in [5.41, 5.74) is 5.56. The maximum Gasteiger partial charge on any atom is 0.443 e. The zero-order valence-electron chi connectivity index (χ0n) is 6.84. The summed E-state index contributed by atoms with van der Waals surface area (Å²) in [6.45, 7) is 2.79. The number of rotatable bonds is 6. The number of hydrogen-bond donors (Lipinski definition) is 2. The van der Waals surface area contributed by atoms with Gasteiger partial charge in [0, 0.05) is 6.54 Å². The Morgan fingerprint density at radius 3 is 2.73 bits per heavy atom. The third-order valence-electron chi connectivity index (χ3n) is 1.32. The molecule has 0 aliphatic heterocycles. The maximum absolute atomic E-state index is 9.86. The molecule has 0 atom stereocenters. The molecule has 0 bridgehead atoms. The number of hydrogen-bond acceptors (Lipinski definition) is 2. The molecule has 0 saturated carbocycles. The largest absolute Gasteiger partial charge is 0.463 e. The summed E-state index contributed by atoms with van der Waals surface area (Å²) in [5, 5.41) is 8.09. The van der Waals surface area contributed by atoms with E-state index in [1.807, 2.05) is 0 Å². The summed E-state index contributed by atoms with van der Waals surface area (Å²) >= 11 is 0. The Bertz CT molecular complexity index is 107. The van der Waals surface area contributed by atoms with Crippen molar-refractivity contribution in [3.63, 3.8) is 0 Å². The van der Waals surface area contributed by atoms with Crippen LogP contribution in [0.1, 0.15) is 32.6 Å². The van der Waals surface area contributed by atoms with Crippen LogP contribution in [0.2, 0.25) is 0 Å². The fourth-order valence-corrected chi connectivity index (χ4v) is 0.754. The molecule has 0 aliphatic carbocycles. The molecule has 0 aromatic rings. The van der Waals surface area contributed by atoms with Gasteiger partial charge in [-0.15, -0.1) is 5.43 Å². The van der Waals surface area contributed by atoms with Crippen molar-refractivity contribution in [2.24, 2.45) is 0 Å². The first-order chi connectivity index (χ1) is 5.27. The number of unbranched alkanes of at least 4 members (excludes halogenated alkanes) is 3. The van der Waals surface area contributed by atoms with Crippen LogP contribution in [0.25, 0.3) is 0 Å². The van der Waals surface area contributed by atoms with Gasteiger partial charge in [-0.2, -0.15) is 0 Å². The van der Waals surface area contributed by atoms with E-state index in [9.17, 15) is 4.79 Å². The summed E-state index contributed by atoms with van der Waals surface area (Å²) < 4.78 is 0. The third kappa shape index (κ3) is 9.23. The van der Waals surface area contributed by atoms with Gasteiger partial charge in [0.1, 0.15) is 0 Å². The molecule has 0 aliphatic rings. The lowest BCUT2D eigenvalue weighted by Crippen LogP contribution is -2.29. The van der Waals surface area contributed by atoms with Gasteiger partial charge in [-0.1, -0.05) is 26.2 Å². The molecule has 4 heteroatoms. The minimum absolute atomic E-state index is 0.659.